The van der Waals surface area contributed by atoms with Gasteiger partial charge in [-0.2, -0.15) is 5.26 Å². The second-order valence-corrected chi connectivity index (χ2v) is 8.45. The second-order valence-electron chi connectivity index (χ2n) is 7.60. The van der Waals surface area contributed by atoms with E-state index in [1.54, 1.807) is 24.5 Å². The average Bonchev–Trinajstić information content (AvgIpc) is 3.45. The molecule has 0 amide bonds. The van der Waals surface area contributed by atoms with E-state index < -0.39 is 0 Å². The Labute approximate surface area is 187 Å². The molecule has 0 saturated heterocycles. The van der Waals surface area contributed by atoms with Crippen LogP contribution in [0.4, 0.5) is 5.69 Å². The summed E-state index contributed by atoms with van der Waals surface area (Å²) < 4.78 is 9.08. The topological polar surface area (TPSA) is 133 Å². The number of hydrogen-bond acceptors (Lipinski definition) is 9. The van der Waals surface area contributed by atoms with Crippen LogP contribution in [0.15, 0.2) is 52.4 Å². The zero-order chi connectivity index (χ0) is 22.1. The lowest BCUT2D eigenvalue weighted by atomic mass is 9.87. The van der Waals surface area contributed by atoms with Crippen LogP contribution in [-0.4, -0.2) is 37.8 Å². The number of carbonyl (C=O) groups is 1. The van der Waals surface area contributed by atoms with Crippen LogP contribution in [0.3, 0.4) is 0 Å². The molecule has 10 heteroatoms. The van der Waals surface area contributed by atoms with Crippen molar-refractivity contribution < 1.29 is 9.21 Å². The van der Waals surface area contributed by atoms with E-state index in [4.69, 9.17) is 9.68 Å². The first-order valence-corrected chi connectivity index (χ1v) is 10.9. The molecule has 1 aliphatic rings. The van der Waals surface area contributed by atoms with Gasteiger partial charge in [0.25, 0.3) is 0 Å². The summed E-state index contributed by atoms with van der Waals surface area (Å²) in [4.78, 5) is 27.7. The molecule has 1 saturated carbocycles. The van der Waals surface area contributed by atoms with Crippen LogP contribution in [0.2, 0.25) is 0 Å². The summed E-state index contributed by atoms with van der Waals surface area (Å²) in [6, 6.07) is 8.12. The Morgan fingerprint density at radius 1 is 1.25 bits per heavy atom. The van der Waals surface area contributed by atoms with E-state index >= 15 is 0 Å². The molecule has 5 rings (SSSR count). The van der Waals surface area contributed by atoms with E-state index in [2.05, 4.69) is 36.0 Å². The fourth-order valence-electron chi connectivity index (χ4n) is 3.60. The van der Waals surface area contributed by atoms with Crippen LogP contribution >= 0.6 is 11.9 Å². The number of aromatic nitrogens is 4. The highest BCUT2D eigenvalue weighted by molar-refractivity contribution is 7.97. The van der Waals surface area contributed by atoms with Gasteiger partial charge in [0.15, 0.2) is 11.5 Å². The third kappa shape index (κ3) is 3.95. The lowest BCUT2D eigenvalue weighted by Gasteiger charge is -2.37. The van der Waals surface area contributed by atoms with Crippen molar-refractivity contribution in [2.75, 3.05) is 5.32 Å². The molecule has 3 N–H and O–H groups in total. The van der Waals surface area contributed by atoms with Crippen molar-refractivity contribution in [2.45, 2.75) is 36.9 Å². The number of rotatable bonds is 7. The Balaban J connectivity index is 1.29. The molecule has 4 aromatic rings. The van der Waals surface area contributed by atoms with Gasteiger partial charge in [0.05, 0.1) is 29.1 Å². The third-order valence-corrected chi connectivity index (χ3v) is 6.23. The summed E-state index contributed by atoms with van der Waals surface area (Å²) >= 11 is 1.44. The summed E-state index contributed by atoms with van der Waals surface area (Å²) in [6.45, 7) is 1.45. The lowest BCUT2D eigenvalue weighted by molar-refractivity contribution is 0.0988. The highest BCUT2D eigenvalue weighted by Crippen LogP contribution is 2.36. The molecule has 0 bridgehead atoms. The smallest absolute Gasteiger partial charge is 0.230 e. The van der Waals surface area contributed by atoms with Gasteiger partial charge in [-0.15, -0.1) is 0 Å². The van der Waals surface area contributed by atoms with E-state index in [9.17, 15) is 4.79 Å². The van der Waals surface area contributed by atoms with Crippen molar-refractivity contribution in [3.8, 4) is 17.5 Å². The number of pyridine rings is 2. The molecule has 1 fully saturated rings. The number of nitriles is 1. The first-order valence-electron chi connectivity index (χ1n) is 10.1. The summed E-state index contributed by atoms with van der Waals surface area (Å²) in [6.07, 6.45) is 8.47. The van der Waals surface area contributed by atoms with Crippen molar-refractivity contribution in [1.82, 2.24) is 24.7 Å². The molecule has 32 heavy (non-hydrogen) atoms. The highest BCUT2D eigenvalue weighted by Gasteiger charge is 2.31. The zero-order valence-corrected chi connectivity index (χ0v) is 17.9. The van der Waals surface area contributed by atoms with Crippen LogP contribution in [0.1, 0.15) is 35.9 Å². The molecular formula is C22H19N7O2S. The molecule has 0 spiro atoms. The molecule has 0 aromatic carbocycles. The Morgan fingerprint density at radius 2 is 2.12 bits per heavy atom. The number of nitrogens with zero attached hydrogens (tertiary/aromatic N) is 4. The van der Waals surface area contributed by atoms with Crippen LogP contribution in [-0.2, 0) is 0 Å². The molecule has 0 aliphatic heterocycles. The average molecular weight is 446 g/mol. The monoisotopic (exact) mass is 445 g/mol. The maximum Gasteiger partial charge on any atom is 0.230 e. The first kappa shape index (κ1) is 20.2. The predicted molar refractivity (Wildman–Crippen MR) is 120 cm³/mol. The number of carbonyl (C=O) groups excluding carboxylic acids is 1. The maximum atomic E-state index is 11.6. The number of ketones is 1. The van der Waals surface area contributed by atoms with Crippen molar-refractivity contribution in [3.63, 3.8) is 0 Å². The van der Waals surface area contributed by atoms with Gasteiger partial charge in [0, 0.05) is 43.0 Å². The predicted octanol–water partition coefficient (Wildman–Crippen LogP) is 3.93. The molecule has 0 atom stereocenters. The van der Waals surface area contributed by atoms with Gasteiger partial charge in [-0.3, -0.25) is 9.52 Å². The van der Waals surface area contributed by atoms with E-state index in [-0.39, 0.29) is 17.6 Å². The van der Waals surface area contributed by atoms with E-state index in [0.29, 0.717) is 23.1 Å². The number of fused-ring (bicyclic) bond motifs is 1. The molecular weight excluding hydrogens is 426 g/mol. The molecule has 4 aromatic heterocycles. The zero-order valence-electron chi connectivity index (χ0n) is 17.1. The SMILES string of the molecule is CC(=O)c1cnc(-c2cnc3[nH]ccc3c2N[C@H]2C[C@@H](NSc3cc(C#N)ccn3)C2)o1. The Morgan fingerprint density at radius 3 is 2.91 bits per heavy atom. The standard InChI is InChI=1S/C22H19N7O2S/c1-12(30)18-11-27-22(31-18)17-10-26-21-16(3-5-25-21)20(17)28-14-7-15(8-14)29-32-19-6-13(9-23)2-4-24-19/h2-6,10-11,14-15,29H,7-8H2,1H3,(H2,25,26,28)/t14-,15+. The van der Waals surface area contributed by atoms with E-state index in [1.165, 1.54) is 25.1 Å². The van der Waals surface area contributed by atoms with Gasteiger partial charge in [-0.1, -0.05) is 0 Å². The van der Waals surface area contributed by atoms with Crippen molar-refractivity contribution >= 4 is 34.5 Å². The van der Waals surface area contributed by atoms with Crippen LogP contribution in [0.25, 0.3) is 22.5 Å². The van der Waals surface area contributed by atoms with Crippen LogP contribution < -0.4 is 10.0 Å². The van der Waals surface area contributed by atoms with Gasteiger partial charge in [-0.05, 0) is 43.0 Å². The van der Waals surface area contributed by atoms with Crippen molar-refractivity contribution in [3.05, 3.63) is 54.3 Å². The fraction of sp³-hybridized carbons (Fsp3) is 0.227. The number of hydrogen-bond donors (Lipinski definition) is 3. The molecule has 1 aliphatic carbocycles. The van der Waals surface area contributed by atoms with Gasteiger partial charge >= 0.3 is 0 Å². The number of Topliss-reactive ketones (excluding diaryl/α,β-unsaturated/α-hetero) is 1. The molecule has 0 unspecified atom stereocenters. The van der Waals surface area contributed by atoms with E-state index in [1.807, 2.05) is 12.3 Å². The maximum absolute atomic E-state index is 11.6. The normalized spacial score (nSPS) is 17.6. The fourth-order valence-corrected chi connectivity index (χ4v) is 4.38. The summed E-state index contributed by atoms with van der Waals surface area (Å²) in [5, 5.41) is 14.3. The minimum atomic E-state index is -0.172. The number of oxazole rings is 1. The number of H-pyrrole nitrogens is 1. The Bertz CT molecular complexity index is 1330. The largest absolute Gasteiger partial charge is 0.433 e. The van der Waals surface area contributed by atoms with Gasteiger partial charge in [0.2, 0.25) is 5.89 Å². The first-order chi connectivity index (χ1) is 15.6. The molecule has 9 nitrogen and oxygen atoms in total. The third-order valence-electron chi connectivity index (χ3n) is 5.35. The van der Waals surface area contributed by atoms with Gasteiger partial charge in [-0.25, -0.2) is 15.0 Å². The van der Waals surface area contributed by atoms with Crippen LogP contribution in [0, 0.1) is 11.3 Å². The number of aromatic amines is 1. The lowest BCUT2D eigenvalue weighted by Crippen LogP contribution is -2.45. The van der Waals surface area contributed by atoms with E-state index in [0.717, 1.165) is 34.6 Å². The van der Waals surface area contributed by atoms with Crippen molar-refractivity contribution in [2.24, 2.45) is 0 Å². The minimum Gasteiger partial charge on any atom is -0.433 e. The molecule has 160 valence electrons. The van der Waals surface area contributed by atoms with Gasteiger partial charge in [0.1, 0.15) is 10.7 Å². The highest BCUT2D eigenvalue weighted by atomic mass is 32.2. The number of anilines is 1. The quantitative estimate of drug-likeness (QED) is 0.286. The molecule has 0 radical (unpaired) electrons. The second kappa shape index (κ2) is 8.45. The van der Waals surface area contributed by atoms with Gasteiger partial charge < -0.3 is 14.7 Å². The Kier molecular flexibility index (Phi) is 5.34. The minimum absolute atomic E-state index is 0.172. The summed E-state index contributed by atoms with van der Waals surface area (Å²) in [5.41, 5.74) is 2.96. The number of nitrogens with one attached hydrogen (secondary N) is 3. The van der Waals surface area contributed by atoms with Crippen molar-refractivity contribution in [1.29, 1.82) is 5.26 Å². The summed E-state index contributed by atoms with van der Waals surface area (Å²) in [7, 11) is 0. The summed E-state index contributed by atoms with van der Waals surface area (Å²) in [5.74, 6) is 0.412. The Hall–Kier alpha value is -3.68. The molecule has 4 heterocycles. The van der Waals surface area contributed by atoms with Crippen LogP contribution in [0.5, 0.6) is 0 Å².